The highest BCUT2D eigenvalue weighted by Crippen LogP contribution is 2.09. The topological polar surface area (TPSA) is 23.8 Å². The molecule has 0 aliphatic rings. The third-order valence-corrected chi connectivity index (χ3v) is 1.41. The predicted octanol–water partition coefficient (Wildman–Crippen LogP) is 2.67. The second-order valence-electron chi connectivity index (χ2n) is 2.52. The molecule has 0 aliphatic heterocycles. The summed E-state index contributed by atoms with van der Waals surface area (Å²) in [4.78, 5) is 0. The molecule has 0 aliphatic carbocycles. The summed E-state index contributed by atoms with van der Waals surface area (Å²) in [6.45, 7) is 1.81. The Bertz CT molecular complexity index is 327. The van der Waals surface area contributed by atoms with Crippen LogP contribution in [0.15, 0.2) is 24.3 Å². The molecule has 1 nitrogen and oxygen atoms in total. The fourth-order valence-electron chi connectivity index (χ4n) is 0.994. The van der Waals surface area contributed by atoms with E-state index in [4.69, 9.17) is 5.26 Å². The Morgan fingerprint density at radius 2 is 2.17 bits per heavy atom. The summed E-state index contributed by atoms with van der Waals surface area (Å²) in [5.41, 5.74) is 1.57. The second kappa shape index (κ2) is 3.68. The molecular weight excluding hydrogens is 153 g/mol. The minimum absolute atomic E-state index is 0.271. The van der Waals surface area contributed by atoms with Gasteiger partial charge in [-0.3, -0.25) is 0 Å². The molecular formula is C10H8FN. The van der Waals surface area contributed by atoms with Crippen LogP contribution in [0, 0.1) is 24.1 Å². The van der Waals surface area contributed by atoms with Crippen LogP contribution in [0.1, 0.15) is 11.1 Å². The van der Waals surface area contributed by atoms with E-state index in [1.54, 1.807) is 6.08 Å². The molecule has 0 radical (unpaired) electrons. The zero-order valence-corrected chi connectivity index (χ0v) is 6.71. The first kappa shape index (κ1) is 8.48. The fraction of sp³-hybridized carbons (Fsp3) is 0.100. The van der Waals surface area contributed by atoms with Crippen molar-refractivity contribution >= 4 is 6.08 Å². The van der Waals surface area contributed by atoms with Gasteiger partial charge in [-0.15, -0.1) is 0 Å². The van der Waals surface area contributed by atoms with Crippen LogP contribution < -0.4 is 0 Å². The lowest BCUT2D eigenvalue weighted by Gasteiger charge is -1.95. The summed E-state index contributed by atoms with van der Waals surface area (Å²) in [5, 5.41) is 8.24. The van der Waals surface area contributed by atoms with E-state index >= 15 is 0 Å². The Balaban J connectivity index is 3.03. The molecule has 0 bridgehead atoms. The van der Waals surface area contributed by atoms with Crippen molar-refractivity contribution in [2.75, 3.05) is 0 Å². The van der Waals surface area contributed by atoms with Gasteiger partial charge < -0.3 is 0 Å². The van der Waals surface area contributed by atoms with Crippen molar-refractivity contribution in [2.24, 2.45) is 0 Å². The number of hydrogen-bond donors (Lipinski definition) is 0. The molecule has 1 aromatic rings. The summed E-state index contributed by atoms with van der Waals surface area (Å²) in [6.07, 6.45) is 2.91. The molecule has 0 fully saturated rings. The van der Waals surface area contributed by atoms with E-state index in [0.29, 0.717) is 5.56 Å². The molecule has 1 rings (SSSR count). The van der Waals surface area contributed by atoms with Crippen LogP contribution in [-0.4, -0.2) is 0 Å². The molecule has 0 spiro atoms. The molecule has 0 amide bonds. The molecule has 0 atom stereocenters. The van der Waals surface area contributed by atoms with Gasteiger partial charge in [0.1, 0.15) is 5.82 Å². The van der Waals surface area contributed by atoms with Crippen LogP contribution in [0.4, 0.5) is 4.39 Å². The van der Waals surface area contributed by atoms with Crippen molar-refractivity contribution in [3.8, 4) is 6.07 Å². The molecule has 0 unspecified atom stereocenters. The van der Waals surface area contributed by atoms with Gasteiger partial charge in [0.25, 0.3) is 0 Å². The Morgan fingerprint density at radius 3 is 2.75 bits per heavy atom. The van der Waals surface area contributed by atoms with Crippen LogP contribution in [0.3, 0.4) is 0 Å². The number of rotatable bonds is 1. The summed E-state index contributed by atoms with van der Waals surface area (Å²) in [5.74, 6) is -0.271. The van der Waals surface area contributed by atoms with Crippen molar-refractivity contribution in [3.05, 3.63) is 41.2 Å². The van der Waals surface area contributed by atoms with E-state index in [1.807, 2.05) is 19.1 Å². The van der Waals surface area contributed by atoms with Crippen LogP contribution in [0.2, 0.25) is 0 Å². The van der Waals surface area contributed by atoms with E-state index < -0.39 is 0 Å². The standard InChI is InChI=1S/C10H8FN/c1-8-5-9(3-2-4-12)7-10(11)6-8/h2-3,5-7H,1H3. The highest BCUT2D eigenvalue weighted by Gasteiger charge is 1.93. The molecule has 12 heavy (non-hydrogen) atoms. The first-order chi connectivity index (χ1) is 5.72. The monoisotopic (exact) mass is 161 g/mol. The molecule has 60 valence electrons. The van der Waals surface area contributed by atoms with Gasteiger partial charge in [0.2, 0.25) is 0 Å². The maximum atomic E-state index is 12.7. The summed E-state index contributed by atoms with van der Waals surface area (Å²) in [7, 11) is 0. The van der Waals surface area contributed by atoms with Gasteiger partial charge in [0.15, 0.2) is 0 Å². The average molecular weight is 161 g/mol. The number of benzene rings is 1. The molecule has 0 aromatic heterocycles. The zero-order chi connectivity index (χ0) is 8.97. The van der Waals surface area contributed by atoms with Crippen molar-refractivity contribution in [1.82, 2.24) is 0 Å². The smallest absolute Gasteiger partial charge is 0.124 e. The highest BCUT2D eigenvalue weighted by molar-refractivity contribution is 5.52. The second-order valence-corrected chi connectivity index (χ2v) is 2.52. The first-order valence-electron chi connectivity index (χ1n) is 3.56. The molecule has 1 aromatic carbocycles. The Hall–Kier alpha value is -1.62. The van der Waals surface area contributed by atoms with E-state index in [1.165, 1.54) is 18.2 Å². The average Bonchev–Trinajstić information content (AvgIpc) is 1.99. The Kier molecular flexibility index (Phi) is 2.60. The summed E-state index contributed by atoms with van der Waals surface area (Å²) in [6, 6.07) is 6.51. The maximum Gasteiger partial charge on any atom is 0.124 e. The highest BCUT2D eigenvalue weighted by atomic mass is 19.1. The van der Waals surface area contributed by atoms with E-state index in [9.17, 15) is 4.39 Å². The number of aryl methyl sites for hydroxylation is 1. The number of halogens is 1. The molecule has 0 N–H and O–H groups in total. The minimum Gasteiger partial charge on any atom is -0.207 e. The summed E-state index contributed by atoms with van der Waals surface area (Å²) < 4.78 is 12.7. The number of nitrogens with zero attached hydrogens (tertiary/aromatic N) is 1. The van der Waals surface area contributed by atoms with Crippen LogP contribution >= 0.6 is 0 Å². The molecule has 0 saturated carbocycles. The van der Waals surface area contributed by atoms with E-state index in [2.05, 4.69) is 0 Å². The van der Waals surface area contributed by atoms with Crippen LogP contribution in [0.25, 0.3) is 6.08 Å². The normalized spacial score (nSPS) is 10.1. The van der Waals surface area contributed by atoms with Crippen LogP contribution in [-0.2, 0) is 0 Å². The van der Waals surface area contributed by atoms with Crippen molar-refractivity contribution in [3.63, 3.8) is 0 Å². The van der Waals surface area contributed by atoms with Gasteiger partial charge in [-0.05, 0) is 36.3 Å². The fourth-order valence-corrected chi connectivity index (χ4v) is 0.994. The van der Waals surface area contributed by atoms with Crippen LogP contribution in [0.5, 0.6) is 0 Å². The molecule has 2 heteroatoms. The zero-order valence-electron chi connectivity index (χ0n) is 6.71. The first-order valence-corrected chi connectivity index (χ1v) is 3.56. The largest absolute Gasteiger partial charge is 0.207 e. The van der Waals surface area contributed by atoms with E-state index in [0.717, 1.165) is 5.56 Å². The summed E-state index contributed by atoms with van der Waals surface area (Å²) >= 11 is 0. The lowest BCUT2D eigenvalue weighted by atomic mass is 10.1. The number of nitriles is 1. The van der Waals surface area contributed by atoms with Crippen molar-refractivity contribution in [1.29, 1.82) is 5.26 Å². The van der Waals surface area contributed by atoms with Gasteiger partial charge in [-0.25, -0.2) is 4.39 Å². The van der Waals surface area contributed by atoms with Crippen molar-refractivity contribution < 1.29 is 4.39 Å². The van der Waals surface area contributed by atoms with Gasteiger partial charge in [-0.2, -0.15) is 5.26 Å². The Labute approximate surface area is 70.8 Å². The minimum atomic E-state index is -0.271. The third kappa shape index (κ3) is 2.21. The Morgan fingerprint density at radius 1 is 1.42 bits per heavy atom. The molecule has 0 heterocycles. The number of allylic oxidation sites excluding steroid dienone is 1. The van der Waals surface area contributed by atoms with Gasteiger partial charge >= 0.3 is 0 Å². The maximum absolute atomic E-state index is 12.7. The van der Waals surface area contributed by atoms with Gasteiger partial charge in [0.05, 0.1) is 6.07 Å². The number of hydrogen-bond acceptors (Lipinski definition) is 1. The lowest BCUT2D eigenvalue weighted by Crippen LogP contribution is -1.80. The lowest BCUT2D eigenvalue weighted by molar-refractivity contribution is 0.626. The third-order valence-electron chi connectivity index (χ3n) is 1.41. The predicted molar refractivity (Wildman–Crippen MR) is 45.8 cm³/mol. The SMILES string of the molecule is Cc1cc(F)cc(C=CC#N)c1. The van der Waals surface area contributed by atoms with Crippen molar-refractivity contribution in [2.45, 2.75) is 6.92 Å². The molecule has 0 saturated heterocycles. The van der Waals surface area contributed by atoms with Gasteiger partial charge in [0, 0.05) is 6.08 Å². The quantitative estimate of drug-likeness (QED) is 0.581. The van der Waals surface area contributed by atoms with E-state index in [-0.39, 0.29) is 5.82 Å². The van der Waals surface area contributed by atoms with Gasteiger partial charge in [-0.1, -0.05) is 6.07 Å².